The van der Waals surface area contributed by atoms with Crippen LogP contribution < -0.4 is 14.2 Å². The molecule has 0 fully saturated rings. The Morgan fingerprint density at radius 3 is 2.56 bits per heavy atom. The van der Waals surface area contributed by atoms with Crippen molar-refractivity contribution in [3.63, 3.8) is 0 Å². The van der Waals surface area contributed by atoms with E-state index in [1.807, 2.05) is 6.92 Å². The fraction of sp³-hybridized carbons (Fsp3) is 0.115. The smallest absolute Gasteiger partial charge is 0.363 e. The summed E-state index contributed by atoms with van der Waals surface area (Å²) in [7, 11) is 1.48. The van der Waals surface area contributed by atoms with E-state index in [1.54, 1.807) is 72.8 Å². The normalized spacial score (nSPS) is 13.9. The minimum absolute atomic E-state index is 0.108. The van der Waals surface area contributed by atoms with Crippen LogP contribution in [-0.4, -0.2) is 31.6 Å². The molecule has 0 N–H and O–H groups in total. The Hall–Kier alpha value is -4.10. The van der Waals surface area contributed by atoms with Crippen LogP contribution in [0.2, 0.25) is 5.02 Å². The molecule has 1 aliphatic heterocycles. The van der Waals surface area contributed by atoms with Crippen LogP contribution in [0, 0.1) is 0 Å². The van der Waals surface area contributed by atoms with Crippen LogP contribution in [0.4, 0.5) is 0 Å². The first-order valence-corrected chi connectivity index (χ1v) is 10.8. The van der Waals surface area contributed by atoms with Crippen molar-refractivity contribution < 1.29 is 28.5 Å². The molecule has 0 aliphatic carbocycles. The van der Waals surface area contributed by atoms with Gasteiger partial charge in [-0.3, -0.25) is 0 Å². The van der Waals surface area contributed by atoms with Gasteiger partial charge in [-0.05, 0) is 55.0 Å². The second kappa shape index (κ2) is 10.2. The number of esters is 2. The molecular formula is C26H20ClNO6. The van der Waals surface area contributed by atoms with E-state index >= 15 is 0 Å². The highest BCUT2D eigenvalue weighted by atomic mass is 35.5. The topological polar surface area (TPSA) is 83.4 Å². The Balaban J connectivity index is 1.61. The lowest BCUT2D eigenvalue weighted by Gasteiger charge is -2.12. The van der Waals surface area contributed by atoms with Crippen LogP contribution in [0.1, 0.15) is 28.4 Å². The summed E-state index contributed by atoms with van der Waals surface area (Å²) in [5.41, 5.74) is 1.52. The number of para-hydroxylation sites is 1. The number of cyclic esters (lactones) is 1. The van der Waals surface area contributed by atoms with Crippen molar-refractivity contribution in [2.75, 3.05) is 13.7 Å². The zero-order valence-electron chi connectivity index (χ0n) is 18.4. The quantitative estimate of drug-likeness (QED) is 0.260. The Morgan fingerprint density at radius 1 is 1.03 bits per heavy atom. The first kappa shape index (κ1) is 23.1. The standard InChI is InChI=1S/C26H20ClNO6/c1-3-32-23-15-16(12-13-22(23)33-25(29)18-9-5-7-11-21(18)31-2)14-20-26(30)34-24(28-20)17-8-4-6-10-19(17)27/h4-15H,3H2,1-2H3. The largest absolute Gasteiger partial charge is 0.496 e. The molecule has 3 aromatic rings. The third-order valence-electron chi connectivity index (χ3n) is 4.83. The maximum absolute atomic E-state index is 12.7. The van der Waals surface area contributed by atoms with Crippen molar-refractivity contribution >= 4 is 35.5 Å². The van der Waals surface area contributed by atoms with Gasteiger partial charge < -0.3 is 18.9 Å². The second-order valence-electron chi connectivity index (χ2n) is 7.04. The van der Waals surface area contributed by atoms with Crippen molar-refractivity contribution in [2.45, 2.75) is 6.92 Å². The molecular weight excluding hydrogens is 458 g/mol. The number of ether oxygens (including phenoxy) is 4. The van der Waals surface area contributed by atoms with Crippen molar-refractivity contribution in [1.82, 2.24) is 0 Å². The monoisotopic (exact) mass is 477 g/mol. The van der Waals surface area contributed by atoms with Gasteiger partial charge in [-0.2, -0.15) is 0 Å². The predicted molar refractivity (Wildman–Crippen MR) is 128 cm³/mol. The molecule has 8 heteroatoms. The first-order chi connectivity index (χ1) is 16.5. The van der Waals surface area contributed by atoms with Crippen molar-refractivity contribution in [1.29, 1.82) is 0 Å². The number of hydrogen-bond acceptors (Lipinski definition) is 7. The summed E-state index contributed by atoms with van der Waals surface area (Å²) in [5, 5.41) is 0.426. The number of benzene rings is 3. The maximum atomic E-state index is 12.7. The van der Waals surface area contributed by atoms with Gasteiger partial charge in [0.05, 0.1) is 24.3 Å². The summed E-state index contributed by atoms with van der Waals surface area (Å²) < 4.78 is 21.7. The van der Waals surface area contributed by atoms with E-state index < -0.39 is 11.9 Å². The summed E-state index contributed by atoms with van der Waals surface area (Å²) in [6.07, 6.45) is 1.56. The van der Waals surface area contributed by atoms with E-state index in [0.29, 0.717) is 34.3 Å². The summed E-state index contributed by atoms with van der Waals surface area (Å²) in [4.78, 5) is 29.3. The van der Waals surface area contributed by atoms with Crippen LogP contribution in [0.5, 0.6) is 17.2 Å². The zero-order valence-corrected chi connectivity index (χ0v) is 19.2. The number of halogens is 1. The zero-order chi connectivity index (χ0) is 24.1. The Labute approximate surface area is 201 Å². The van der Waals surface area contributed by atoms with Gasteiger partial charge in [0, 0.05) is 0 Å². The highest BCUT2D eigenvalue weighted by Crippen LogP contribution is 2.32. The van der Waals surface area contributed by atoms with Gasteiger partial charge in [-0.1, -0.05) is 41.9 Å². The van der Waals surface area contributed by atoms with Crippen LogP contribution in [-0.2, 0) is 9.53 Å². The summed E-state index contributed by atoms with van der Waals surface area (Å²) >= 11 is 6.18. The van der Waals surface area contributed by atoms with Crippen molar-refractivity contribution in [2.24, 2.45) is 4.99 Å². The van der Waals surface area contributed by atoms with Gasteiger partial charge >= 0.3 is 11.9 Å². The SMILES string of the molecule is CCOc1cc(C=C2N=C(c3ccccc3Cl)OC2=O)ccc1OC(=O)c1ccccc1OC. The van der Waals surface area contributed by atoms with E-state index in [-0.39, 0.29) is 22.9 Å². The third-order valence-corrected chi connectivity index (χ3v) is 5.15. The Bertz CT molecular complexity index is 1310. The minimum Gasteiger partial charge on any atom is -0.496 e. The molecule has 34 heavy (non-hydrogen) atoms. The van der Waals surface area contributed by atoms with Gasteiger partial charge in [0.1, 0.15) is 11.3 Å². The van der Waals surface area contributed by atoms with Crippen molar-refractivity contribution in [3.05, 3.63) is 94.1 Å². The molecule has 0 aromatic heterocycles. The predicted octanol–water partition coefficient (Wildman–Crippen LogP) is 5.31. The molecule has 1 heterocycles. The number of aliphatic imine (C=N–C) groups is 1. The number of rotatable bonds is 7. The van der Waals surface area contributed by atoms with Gasteiger partial charge in [-0.15, -0.1) is 0 Å². The lowest BCUT2D eigenvalue weighted by Crippen LogP contribution is -2.11. The minimum atomic E-state index is -0.598. The summed E-state index contributed by atoms with van der Waals surface area (Å²) in [5.74, 6) is -0.0821. The van der Waals surface area contributed by atoms with E-state index in [0.717, 1.165) is 0 Å². The average molecular weight is 478 g/mol. The van der Waals surface area contributed by atoms with Crippen molar-refractivity contribution in [3.8, 4) is 17.2 Å². The molecule has 1 aliphatic rings. The van der Waals surface area contributed by atoms with E-state index in [2.05, 4.69) is 4.99 Å². The molecule has 0 spiro atoms. The third kappa shape index (κ3) is 4.94. The summed E-state index contributed by atoms with van der Waals surface area (Å²) in [6, 6.07) is 18.6. The molecule has 3 aromatic carbocycles. The lowest BCUT2D eigenvalue weighted by molar-refractivity contribution is -0.129. The van der Waals surface area contributed by atoms with Gasteiger partial charge in [0.25, 0.3) is 0 Å². The van der Waals surface area contributed by atoms with Gasteiger partial charge in [0.2, 0.25) is 5.90 Å². The Morgan fingerprint density at radius 2 is 1.79 bits per heavy atom. The van der Waals surface area contributed by atoms with E-state index in [9.17, 15) is 9.59 Å². The molecule has 0 radical (unpaired) electrons. The van der Waals surface area contributed by atoms with Crippen LogP contribution in [0.25, 0.3) is 6.08 Å². The number of methoxy groups -OCH3 is 1. The molecule has 0 unspecified atom stereocenters. The maximum Gasteiger partial charge on any atom is 0.363 e. The molecule has 7 nitrogen and oxygen atoms in total. The van der Waals surface area contributed by atoms with E-state index in [4.69, 9.17) is 30.5 Å². The molecule has 4 rings (SSSR count). The second-order valence-corrected chi connectivity index (χ2v) is 7.45. The highest BCUT2D eigenvalue weighted by Gasteiger charge is 2.25. The molecule has 0 saturated carbocycles. The molecule has 0 atom stereocenters. The fourth-order valence-corrected chi connectivity index (χ4v) is 3.47. The summed E-state index contributed by atoms with van der Waals surface area (Å²) in [6.45, 7) is 2.15. The molecule has 0 saturated heterocycles. The van der Waals surface area contributed by atoms with Gasteiger partial charge in [-0.25, -0.2) is 14.6 Å². The Kier molecular flexibility index (Phi) is 6.94. The molecule has 172 valence electrons. The lowest BCUT2D eigenvalue weighted by atomic mass is 10.1. The van der Waals surface area contributed by atoms with E-state index in [1.165, 1.54) is 7.11 Å². The number of carbonyl (C=O) groups excluding carboxylic acids is 2. The van der Waals surface area contributed by atoms with Crippen LogP contribution in [0.15, 0.2) is 77.4 Å². The number of nitrogens with zero attached hydrogens (tertiary/aromatic N) is 1. The number of carbonyl (C=O) groups is 2. The molecule has 0 bridgehead atoms. The average Bonchev–Trinajstić information content (AvgIpc) is 3.20. The number of hydrogen-bond donors (Lipinski definition) is 0. The van der Waals surface area contributed by atoms with Crippen LogP contribution >= 0.6 is 11.6 Å². The van der Waals surface area contributed by atoms with Crippen LogP contribution in [0.3, 0.4) is 0 Å². The highest BCUT2D eigenvalue weighted by molar-refractivity contribution is 6.34. The molecule has 0 amide bonds. The first-order valence-electron chi connectivity index (χ1n) is 10.4. The van der Waals surface area contributed by atoms with Gasteiger partial charge in [0.15, 0.2) is 17.2 Å². The fourth-order valence-electron chi connectivity index (χ4n) is 3.25.